The van der Waals surface area contributed by atoms with E-state index in [9.17, 15) is 4.79 Å². The number of hydrogen-bond donors (Lipinski definition) is 2. The summed E-state index contributed by atoms with van der Waals surface area (Å²) in [6.45, 7) is 0. The summed E-state index contributed by atoms with van der Waals surface area (Å²) in [5.74, 6) is 0.299. The fraction of sp³-hybridized carbons (Fsp3) is 0.462. The van der Waals surface area contributed by atoms with Crippen LogP contribution in [-0.4, -0.2) is 26.3 Å². The summed E-state index contributed by atoms with van der Waals surface area (Å²) in [5.41, 5.74) is 7.41. The molecule has 3 N–H and O–H groups in total. The Balaban J connectivity index is 2.12. The molecule has 1 saturated carbocycles. The summed E-state index contributed by atoms with van der Waals surface area (Å²) < 4.78 is 0. The first kappa shape index (κ1) is 12.2. The summed E-state index contributed by atoms with van der Waals surface area (Å²) in [7, 11) is 7.29. The standard InChI is InChI=1S/C13H17BN2O/c1-16-12(17)13(15)7-6-10(8-13)9-2-4-11(14)5-3-9/h2-5,10H,6-8,15H2,1H3,(H,16,17)/t10-,13-/m0/s1. The van der Waals surface area contributed by atoms with Gasteiger partial charge in [-0.25, -0.2) is 0 Å². The Morgan fingerprint density at radius 2 is 2.12 bits per heavy atom. The predicted molar refractivity (Wildman–Crippen MR) is 69.4 cm³/mol. The molecule has 2 radical (unpaired) electrons. The third kappa shape index (κ3) is 2.37. The fourth-order valence-electron chi connectivity index (χ4n) is 2.58. The number of carbonyl (C=O) groups is 1. The SMILES string of the molecule is [B]c1ccc([C@H]2CC[C@@](N)(C(=O)NC)C2)cc1. The van der Waals surface area contributed by atoms with Gasteiger partial charge in [0.15, 0.2) is 0 Å². The molecule has 4 heteroatoms. The van der Waals surface area contributed by atoms with E-state index in [1.54, 1.807) is 7.05 Å². The molecule has 17 heavy (non-hydrogen) atoms. The lowest BCUT2D eigenvalue weighted by Gasteiger charge is -2.22. The molecule has 1 aliphatic rings. The molecule has 1 fully saturated rings. The molecule has 0 saturated heterocycles. The Morgan fingerprint density at radius 3 is 2.71 bits per heavy atom. The Morgan fingerprint density at radius 1 is 1.47 bits per heavy atom. The second kappa shape index (κ2) is 4.53. The Hall–Kier alpha value is -1.29. The van der Waals surface area contributed by atoms with Crippen LogP contribution in [0.1, 0.15) is 30.7 Å². The van der Waals surface area contributed by atoms with E-state index in [-0.39, 0.29) is 5.91 Å². The van der Waals surface area contributed by atoms with Crippen molar-refractivity contribution in [3.8, 4) is 0 Å². The third-order valence-corrected chi connectivity index (χ3v) is 3.64. The van der Waals surface area contributed by atoms with Crippen molar-refractivity contribution in [2.45, 2.75) is 30.7 Å². The van der Waals surface area contributed by atoms with Crippen molar-refractivity contribution >= 4 is 19.2 Å². The minimum atomic E-state index is -0.708. The molecule has 0 aliphatic heterocycles. The first-order valence-corrected chi connectivity index (χ1v) is 5.92. The van der Waals surface area contributed by atoms with Crippen LogP contribution in [0.5, 0.6) is 0 Å². The van der Waals surface area contributed by atoms with Gasteiger partial charge in [0.05, 0.1) is 5.54 Å². The number of benzene rings is 1. The topological polar surface area (TPSA) is 55.1 Å². The van der Waals surface area contributed by atoms with Gasteiger partial charge < -0.3 is 11.1 Å². The molecule has 2 atom stereocenters. The molecule has 0 bridgehead atoms. The van der Waals surface area contributed by atoms with Crippen molar-refractivity contribution < 1.29 is 4.79 Å². The highest BCUT2D eigenvalue weighted by atomic mass is 16.2. The highest BCUT2D eigenvalue weighted by molar-refractivity contribution is 6.32. The summed E-state index contributed by atoms with van der Waals surface area (Å²) in [6.07, 6.45) is 2.39. The molecule has 0 unspecified atom stereocenters. The van der Waals surface area contributed by atoms with Crippen LogP contribution in [0.25, 0.3) is 0 Å². The van der Waals surface area contributed by atoms with Crippen molar-refractivity contribution in [3.63, 3.8) is 0 Å². The van der Waals surface area contributed by atoms with Crippen LogP contribution in [0, 0.1) is 0 Å². The highest BCUT2D eigenvalue weighted by Gasteiger charge is 2.41. The van der Waals surface area contributed by atoms with Gasteiger partial charge >= 0.3 is 0 Å². The molecule has 0 heterocycles. The summed E-state index contributed by atoms with van der Waals surface area (Å²) in [5, 5.41) is 2.64. The Labute approximate surface area is 103 Å². The van der Waals surface area contributed by atoms with Gasteiger partial charge in [-0.2, -0.15) is 0 Å². The van der Waals surface area contributed by atoms with Gasteiger partial charge in [0.2, 0.25) is 5.91 Å². The molecule has 1 amide bonds. The smallest absolute Gasteiger partial charge is 0.239 e. The lowest BCUT2D eigenvalue weighted by atomic mass is 9.89. The number of amides is 1. The minimum Gasteiger partial charge on any atom is -0.358 e. The quantitative estimate of drug-likeness (QED) is 0.710. The van der Waals surface area contributed by atoms with E-state index in [4.69, 9.17) is 13.6 Å². The largest absolute Gasteiger partial charge is 0.358 e. The molecule has 3 nitrogen and oxygen atoms in total. The van der Waals surface area contributed by atoms with Gasteiger partial charge in [0.1, 0.15) is 7.85 Å². The van der Waals surface area contributed by atoms with Crippen LogP contribution >= 0.6 is 0 Å². The van der Waals surface area contributed by atoms with E-state index in [0.717, 1.165) is 18.3 Å². The first-order chi connectivity index (χ1) is 8.05. The van der Waals surface area contributed by atoms with E-state index >= 15 is 0 Å². The summed E-state index contributed by atoms with van der Waals surface area (Å²) in [6, 6.07) is 7.84. The number of nitrogens with two attached hydrogens (primary N) is 1. The van der Waals surface area contributed by atoms with Gasteiger partial charge in [0.25, 0.3) is 0 Å². The zero-order chi connectivity index (χ0) is 12.5. The van der Waals surface area contributed by atoms with Gasteiger partial charge in [0, 0.05) is 7.05 Å². The lowest BCUT2D eigenvalue weighted by molar-refractivity contribution is -0.125. The Bertz CT molecular complexity index is 418. The van der Waals surface area contributed by atoms with E-state index in [0.29, 0.717) is 12.3 Å². The zero-order valence-electron chi connectivity index (χ0n) is 10.1. The van der Waals surface area contributed by atoms with Gasteiger partial charge in [-0.05, 0) is 30.7 Å². The second-order valence-corrected chi connectivity index (χ2v) is 4.84. The van der Waals surface area contributed by atoms with E-state index in [2.05, 4.69) is 5.32 Å². The number of nitrogens with one attached hydrogen (secondary N) is 1. The van der Waals surface area contributed by atoms with E-state index in [1.165, 1.54) is 5.56 Å². The molecule has 88 valence electrons. The third-order valence-electron chi connectivity index (χ3n) is 3.64. The maximum absolute atomic E-state index is 11.7. The number of rotatable bonds is 2. The number of likely N-dealkylation sites (N-methyl/N-ethyl adjacent to an activating group) is 1. The summed E-state index contributed by atoms with van der Waals surface area (Å²) in [4.78, 5) is 11.7. The highest BCUT2D eigenvalue weighted by Crippen LogP contribution is 2.39. The van der Waals surface area contributed by atoms with Crippen LogP contribution < -0.4 is 16.5 Å². The van der Waals surface area contributed by atoms with Crippen molar-refractivity contribution in [1.29, 1.82) is 0 Å². The normalized spacial score (nSPS) is 28.0. The zero-order valence-corrected chi connectivity index (χ0v) is 10.1. The minimum absolute atomic E-state index is 0.0598. The maximum Gasteiger partial charge on any atom is 0.239 e. The van der Waals surface area contributed by atoms with Crippen LogP contribution in [-0.2, 0) is 4.79 Å². The van der Waals surface area contributed by atoms with Crippen LogP contribution in [0.2, 0.25) is 0 Å². The van der Waals surface area contributed by atoms with Crippen LogP contribution in [0.15, 0.2) is 24.3 Å². The molecule has 1 aromatic carbocycles. The van der Waals surface area contributed by atoms with E-state index < -0.39 is 5.54 Å². The fourth-order valence-corrected chi connectivity index (χ4v) is 2.58. The van der Waals surface area contributed by atoms with E-state index in [1.807, 2.05) is 24.3 Å². The molecular formula is C13H17BN2O. The van der Waals surface area contributed by atoms with Gasteiger partial charge in [-0.15, -0.1) is 0 Å². The predicted octanol–water partition coefficient (Wildman–Crippen LogP) is 0.191. The number of hydrogen-bond acceptors (Lipinski definition) is 2. The van der Waals surface area contributed by atoms with Gasteiger partial charge in [-0.1, -0.05) is 29.7 Å². The van der Waals surface area contributed by atoms with Crippen molar-refractivity contribution in [2.24, 2.45) is 5.73 Å². The first-order valence-electron chi connectivity index (χ1n) is 5.92. The average Bonchev–Trinajstić information content (AvgIpc) is 2.73. The van der Waals surface area contributed by atoms with Crippen molar-refractivity contribution in [3.05, 3.63) is 29.8 Å². The van der Waals surface area contributed by atoms with Crippen LogP contribution in [0.3, 0.4) is 0 Å². The van der Waals surface area contributed by atoms with Gasteiger partial charge in [-0.3, -0.25) is 4.79 Å². The van der Waals surface area contributed by atoms with Crippen molar-refractivity contribution in [2.75, 3.05) is 7.05 Å². The molecular weight excluding hydrogens is 211 g/mol. The second-order valence-electron chi connectivity index (χ2n) is 4.84. The molecule has 0 aromatic heterocycles. The molecule has 1 aliphatic carbocycles. The monoisotopic (exact) mass is 228 g/mol. The van der Waals surface area contributed by atoms with Crippen molar-refractivity contribution in [1.82, 2.24) is 5.32 Å². The van der Waals surface area contributed by atoms with Crippen LogP contribution in [0.4, 0.5) is 0 Å². The lowest BCUT2D eigenvalue weighted by Crippen LogP contribution is -2.51. The average molecular weight is 228 g/mol. The molecule has 2 rings (SSSR count). The molecule has 0 spiro atoms. The molecule has 1 aromatic rings. The summed E-state index contributed by atoms with van der Waals surface area (Å²) >= 11 is 0. The maximum atomic E-state index is 11.7. The Kier molecular flexibility index (Phi) is 3.25. The number of carbonyl (C=O) groups excluding carboxylic acids is 1.